The molecule has 2 heterocycles. The number of nitrogens with zero attached hydrogens (tertiary/aromatic N) is 2. The third-order valence-electron chi connectivity index (χ3n) is 3.90. The van der Waals surface area contributed by atoms with Gasteiger partial charge in [0, 0.05) is 25.3 Å². The Labute approximate surface area is 121 Å². The van der Waals surface area contributed by atoms with Gasteiger partial charge in [0.2, 0.25) is 0 Å². The van der Waals surface area contributed by atoms with Crippen LogP contribution in [-0.2, 0) is 11.2 Å². The number of hydrogen-bond acceptors (Lipinski definition) is 5. The molecule has 20 heavy (non-hydrogen) atoms. The molecule has 2 unspecified atom stereocenters. The van der Waals surface area contributed by atoms with E-state index in [0.717, 1.165) is 38.2 Å². The second-order valence-electron chi connectivity index (χ2n) is 5.36. The van der Waals surface area contributed by atoms with Gasteiger partial charge in [0.05, 0.1) is 12.7 Å². The number of hydrogen-bond donors (Lipinski definition) is 2. The lowest BCUT2D eigenvalue weighted by Crippen LogP contribution is -2.52. The van der Waals surface area contributed by atoms with Crippen molar-refractivity contribution in [1.82, 2.24) is 15.2 Å². The van der Waals surface area contributed by atoms with Crippen LogP contribution in [0.3, 0.4) is 0 Å². The first kappa shape index (κ1) is 15.2. The second-order valence-corrected chi connectivity index (χ2v) is 5.36. The number of pyridine rings is 1. The van der Waals surface area contributed by atoms with E-state index in [1.807, 2.05) is 19.2 Å². The topological polar surface area (TPSA) is 63.4 Å². The summed E-state index contributed by atoms with van der Waals surface area (Å²) in [5, 5.41) is 3.38. The lowest BCUT2D eigenvalue weighted by atomic mass is 10.0. The number of nitrogens with one attached hydrogen (secondary N) is 1. The van der Waals surface area contributed by atoms with Gasteiger partial charge in [-0.05, 0) is 38.1 Å². The molecule has 2 atom stereocenters. The first-order valence-electron chi connectivity index (χ1n) is 7.45. The molecule has 5 heteroatoms. The molecule has 1 saturated heterocycles. The van der Waals surface area contributed by atoms with Crippen LogP contribution in [0.1, 0.15) is 18.9 Å². The Morgan fingerprint density at radius 3 is 3.15 bits per heavy atom. The predicted octanol–water partition coefficient (Wildman–Crippen LogP) is 0.905. The van der Waals surface area contributed by atoms with Crippen LogP contribution in [-0.4, -0.2) is 55.3 Å². The maximum atomic E-state index is 5.95. The number of likely N-dealkylation sites (N-methyl/N-ethyl adjacent to an activating group) is 1. The standard InChI is InChI=1S/C15H26N4O/c1-3-7-19-8-9-20-14(11-19)13(17-2)10-12-5-4-6-18-15(12)16/h4-6,13-14,17H,3,7-11H2,1-2H3,(H2,16,18). The highest BCUT2D eigenvalue weighted by Crippen LogP contribution is 2.16. The van der Waals surface area contributed by atoms with Crippen molar-refractivity contribution in [2.24, 2.45) is 0 Å². The Balaban J connectivity index is 1.99. The smallest absolute Gasteiger partial charge is 0.126 e. The number of anilines is 1. The summed E-state index contributed by atoms with van der Waals surface area (Å²) in [7, 11) is 1.99. The Kier molecular flexibility index (Phi) is 5.76. The number of ether oxygens (including phenoxy) is 1. The van der Waals surface area contributed by atoms with E-state index < -0.39 is 0 Å². The SMILES string of the molecule is CCCN1CCOC(C(Cc2cccnc2N)NC)C1. The maximum absolute atomic E-state index is 5.95. The monoisotopic (exact) mass is 278 g/mol. The molecule has 1 aliphatic heterocycles. The van der Waals surface area contributed by atoms with E-state index in [1.54, 1.807) is 6.20 Å². The zero-order valence-corrected chi connectivity index (χ0v) is 12.5. The van der Waals surface area contributed by atoms with Crippen LogP contribution >= 0.6 is 0 Å². The highest BCUT2D eigenvalue weighted by atomic mass is 16.5. The fourth-order valence-corrected chi connectivity index (χ4v) is 2.77. The molecular weight excluding hydrogens is 252 g/mol. The molecule has 112 valence electrons. The van der Waals surface area contributed by atoms with Crippen molar-refractivity contribution in [2.75, 3.05) is 39.0 Å². The van der Waals surface area contributed by atoms with E-state index >= 15 is 0 Å². The van der Waals surface area contributed by atoms with Crippen LogP contribution in [0, 0.1) is 0 Å². The largest absolute Gasteiger partial charge is 0.383 e. The average Bonchev–Trinajstić information content (AvgIpc) is 2.47. The molecule has 5 nitrogen and oxygen atoms in total. The Hall–Kier alpha value is -1.17. The van der Waals surface area contributed by atoms with E-state index in [1.165, 1.54) is 6.42 Å². The predicted molar refractivity (Wildman–Crippen MR) is 81.7 cm³/mol. The van der Waals surface area contributed by atoms with Gasteiger partial charge in [-0.1, -0.05) is 13.0 Å². The van der Waals surface area contributed by atoms with E-state index in [9.17, 15) is 0 Å². The van der Waals surface area contributed by atoms with E-state index in [-0.39, 0.29) is 12.1 Å². The first-order valence-corrected chi connectivity index (χ1v) is 7.45. The van der Waals surface area contributed by atoms with E-state index in [4.69, 9.17) is 10.5 Å². The zero-order valence-electron chi connectivity index (χ0n) is 12.5. The summed E-state index contributed by atoms with van der Waals surface area (Å²) in [6.07, 6.45) is 3.97. The summed E-state index contributed by atoms with van der Waals surface area (Å²) < 4.78 is 5.95. The van der Waals surface area contributed by atoms with Gasteiger partial charge in [0.1, 0.15) is 5.82 Å². The van der Waals surface area contributed by atoms with Crippen LogP contribution in [0.15, 0.2) is 18.3 Å². The van der Waals surface area contributed by atoms with Crippen molar-refractivity contribution in [1.29, 1.82) is 0 Å². The van der Waals surface area contributed by atoms with Crippen LogP contribution in [0.2, 0.25) is 0 Å². The van der Waals surface area contributed by atoms with E-state index in [0.29, 0.717) is 5.82 Å². The Morgan fingerprint density at radius 2 is 2.45 bits per heavy atom. The summed E-state index contributed by atoms with van der Waals surface area (Å²) in [6, 6.07) is 4.24. The van der Waals surface area contributed by atoms with Crippen LogP contribution in [0.5, 0.6) is 0 Å². The van der Waals surface area contributed by atoms with E-state index in [2.05, 4.69) is 22.1 Å². The summed E-state index contributed by atoms with van der Waals surface area (Å²) in [5.74, 6) is 0.619. The molecule has 0 spiro atoms. The summed E-state index contributed by atoms with van der Waals surface area (Å²) in [4.78, 5) is 6.63. The minimum Gasteiger partial charge on any atom is -0.383 e. The molecule has 1 aromatic rings. The third-order valence-corrected chi connectivity index (χ3v) is 3.90. The normalized spacial score (nSPS) is 21.8. The molecule has 0 radical (unpaired) electrons. The van der Waals surface area contributed by atoms with Gasteiger partial charge in [-0.15, -0.1) is 0 Å². The van der Waals surface area contributed by atoms with Gasteiger partial charge in [-0.3, -0.25) is 4.90 Å². The van der Waals surface area contributed by atoms with Crippen molar-refractivity contribution in [3.8, 4) is 0 Å². The number of rotatable bonds is 6. The van der Waals surface area contributed by atoms with Crippen molar-refractivity contribution in [3.05, 3.63) is 23.9 Å². The minimum absolute atomic E-state index is 0.208. The Morgan fingerprint density at radius 1 is 1.60 bits per heavy atom. The molecule has 2 rings (SSSR count). The quantitative estimate of drug-likeness (QED) is 0.809. The van der Waals surface area contributed by atoms with Gasteiger partial charge in [-0.25, -0.2) is 4.98 Å². The molecule has 0 saturated carbocycles. The zero-order chi connectivity index (χ0) is 14.4. The maximum Gasteiger partial charge on any atom is 0.126 e. The summed E-state index contributed by atoms with van der Waals surface area (Å²) in [5.41, 5.74) is 7.02. The average molecular weight is 278 g/mol. The fourth-order valence-electron chi connectivity index (χ4n) is 2.77. The van der Waals surface area contributed by atoms with Crippen molar-refractivity contribution in [2.45, 2.75) is 31.9 Å². The van der Waals surface area contributed by atoms with Gasteiger partial charge < -0.3 is 15.8 Å². The molecule has 1 aliphatic rings. The van der Waals surface area contributed by atoms with Crippen molar-refractivity contribution >= 4 is 5.82 Å². The fraction of sp³-hybridized carbons (Fsp3) is 0.667. The lowest BCUT2D eigenvalue weighted by molar-refractivity contribution is -0.0450. The molecule has 1 aromatic heterocycles. The van der Waals surface area contributed by atoms with Gasteiger partial charge in [0.25, 0.3) is 0 Å². The highest BCUT2D eigenvalue weighted by Gasteiger charge is 2.27. The van der Waals surface area contributed by atoms with Crippen LogP contribution < -0.4 is 11.1 Å². The second kappa shape index (κ2) is 7.57. The number of aromatic nitrogens is 1. The van der Waals surface area contributed by atoms with Crippen LogP contribution in [0.4, 0.5) is 5.82 Å². The molecule has 0 bridgehead atoms. The van der Waals surface area contributed by atoms with Crippen molar-refractivity contribution in [3.63, 3.8) is 0 Å². The molecule has 0 amide bonds. The number of morpholine rings is 1. The molecule has 1 fully saturated rings. The van der Waals surface area contributed by atoms with Gasteiger partial charge >= 0.3 is 0 Å². The number of nitrogen functional groups attached to an aromatic ring is 1. The molecule has 3 N–H and O–H groups in total. The lowest BCUT2D eigenvalue weighted by Gasteiger charge is -2.37. The first-order chi connectivity index (χ1) is 9.74. The van der Waals surface area contributed by atoms with Gasteiger partial charge in [0.15, 0.2) is 0 Å². The summed E-state index contributed by atoms with van der Waals surface area (Å²) >= 11 is 0. The molecule has 0 aliphatic carbocycles. The molecule has 0 aromatic carbocycles. The van der Waals surface area contributed by atoms with Crippen LogP contribution in [0.25, 0.3) is 0 Å². The third kappa shape index (κ3) is 3.91. The summed E-state index contributed by atoms with van der Waals surface area (Å²) in [6.45, 7) is 6.20. The minimum atomic E-state index is 0.208. The number of nitrogens with two attached hydrogens (primary N) is 1. The van der Waals surface area contributed by atoms with Gasteiger partial charge in [-0.2, -0.15) is 0 Å². The van der Waals surface area contributed by atoms with Crippen molar-refractivity contribution < 1.29 is 4.74 Å². The highest BCUT2D eigenvalue weighted by molar-refractivity contribution is 5.39. The molecular formula is C15H26N4O. The Bertz CT molecular complexity index is 411.